The molecule has 3 aromatic carbocycles. The van der Waals surface area contributed by atoms with Crippen LogP contribution in [0, 0.1) is 6.92 Å². The summed E-state index contributed by atoms with van der Waals surface area (Å²) in [5, 5.41) is 4.54. The summed E-state index contributed by atoms with van der Waals surface area (Å²) in [6.07, 6.45) is 0. The molecule has 4 rings (SSSR count). The predicted octanol–water partition coefficient (Wildman–Crippen LogP) is 3.21. The van der Waals surface area contributed by atoms with E-state index in [1.807, 2.05) is 55.5 Å². The molecule has 0 radical (unpaired) electrons. The van der Waals surface area contributed by atoms with Gasteiger partial charge in [0.25, 0.3) is 0 Å². The molecule has 5 nitrogen and oxygen atoms in total. The Hall–Kier alpha value is -3.34. The molecule has 0 atom stereocenters. The van der Waals surface area contributed by atoms with Crippen LogP contribution in [0.4, 0.5) is 0 Å². The summed E-state index contributed by atoms with van der Waals surface area (Å²) in [6.45, 7) is 2.00. The van der Waals surface area contributed by atoms with Gasteiger partial charge in [0.2, 0.25) is 0 Å². The van der Waals surface area contributed by atoms with Crippen LogP contribution in [0.25, 0.3) is 5.69 Å². The number of benzene rings is 3. The van der Waals surface area contributed by atoms with E-state index in [9.17, 15) is 9.59 Å². The zero-order chi connectivity index (χ0) is 20.2. The summed E-state index contributed by atoms with van der Waals surface area (Å²) in [6, 6.07) is 25.7. The van der Waals surface area contributed by atoms with Crippen molar-refractivity contribution in [3.8, 4) is 5.69 Å². The molecular weight excluding hydrogens is 429 g/mol. The van der Waals surface area contributed by atoms with Gasteiger partial charge in [0, 0.05) is 0 Å². The summed E-state index contributed by atoms with van der Waals surface area (Å²) in [5.41, 5.74) is 2.96. The SMILES string of the molecule is Cc1ccc(-n2nc(C(=O)c3ccccc3)[se]c2=NC(=O)c2ccccc2)cc1. The quantitative estimate of drug-likeness (QED) is 0.357. The molecule has 0 unspecified atom stereocenters. The number of aryl methyl sites for hydroxylation is 1. The van der Waals surface area contributed by atoms with Crippen molar-refractivity contribution in [3.05, 3.63) is 111 Å². The average Bonchev–Trinajstić information content (AvgIpc) is 3.18. The van der Waals surface area contributed by atoms with Crippen LogP contribution < -0.4 is 4.36 Å². The second-order valence-corrected chi connectivity index (χ2v) is 8.42. The second kappa shape index (κ2) is 8.35. The van der Waals surface area contributed by atoms with Crippen LogP contribution in [0.5, 0.6) is 0 Å². The van der Waals surface area contributed by atoms with Gasteiger partial charge in [-0.2, -0.15) is 0 Å². The Bertz CT molecular complexity index is 1220. The fourth-order valence-corrected chi connectivity index (χ4v) is 4.56. The van der Waals surface area contributed by atoms with Crippen molar-refractivity contribution in [2.45, 2.75) is 6.92 Å². The topological polar surface area (TPSA) is 64.3 Å². The summed E-state index contributed by atoms with van der Waals surface area (Å²) in [7, 11) is 0. The van der Waals surface area contributed by atoms with E-state index in [0.717, 1.165) is 11.3 Å². The number of amides is 1. The van der Waals surface area contributed by atoms with Crippen molar-refractivity contribution in [1.82, 2.24) is 9.78 Å². The van der Waals surface area contributed by atoms with Crippen LogP contribution in [-0.2, 0) is 0 Å². The molecule has 0 aliphatic heterocycles. The Kier molecular flexibility index (Phi) is 5.47. The number of ketones is 1. The minimum absolute atomic E-state index is 0.139. The average molecular weight is 446 g/mol. The summed E-state index contributed by atoms with van der Waals surface area (Å²) < 4.78 is 2.52. The molecule has 142 valence electrons. The molecule has 0 N–H and O–H groups in total. The van der Waals surface area contributed by atoms with E-state index in [0.29, 0.717) is 20.1 Å². The van der Waals surface area contributed by atoms with E-state index in [4.69, 9.17) is 0 Å². The molecule has 0 fully saturated rings. The van der Waals surface area contributed by atoms with Crippen molar-refractivity contribution >= 4 is 26.2 Å². The van der Waals surface area contributed by atoms with Gasteiger partial charge in [0.15, 0.2) is 0 Å². The zero-order valence-corrected chi connectivity index (χ0v) is 17.4. The minimum atomic E-state index is -0.484. The monoisotopic (exact) mass is 447 g/mol. The Morgan fingerprint density at radius 3 is 2.03 bits per heavy atom. The Labute approximate surface area is 173 Å². The molecule has 0 saturated heterocycles. The van der Waals surface area contributed by atoms with Gasteiger partial charge in [-0.3, -0.25) is 0 Å². The van der Waals surface area contributed by atoms with Crippen LogP contribution in [0.15, 0.2) is 89.9 Å². The number of carbonyl (C=O) groups is 2. The van der Waals surface area contributed by atoms with E-state index in [-0.39, 0.29) is 11.7 Å². The van der Waals surface area contributed by atoms with Crippen molar-refractivity contribution in [2.75, 3.05) is 0 Å². The third-order valence-electron chi connectivity index (χ3n) is 4.29. The van der Waals surface area contributed by atoms with Gasteiger partial charge in [0.1, 0.15) is 0 Å². The van der Waals surface area contributed by atoms with E-state index in [1.54, 1.807) is 41.1 Å². The van der Waals surface area contributed by atoms with Crippen molar-refractivity contribution in [1.29, 1.82) is 0 Å². The summed E-state index contributed by atoms with van der Waals surface area (Å²) in [5.74, 6) is -0.483. The number of rotatable bonds is 4. The van der Waals surface area contributed by atoms with Gasteiger partial charge in [-0.15, -0.1) is 0 Å². The standard InChI is InChI=1S/C23H17N3O2Se/c1-16-12-14-19(15-13-16)26-23(24-21(28)18-10-6-3-7-11-18)29-22(25-26)20(27)17-8-4-2-5-9-17/h2-15H,1H3. The Morgan fingerprint density at radius 1 is 0.828 bits per heavy atom. The molecule has 4 aromatic rings. The van der Waals surface area contributed by atoms with Crippen LogP contribution in [0.2, 0.25) is 0 Å². The fraction of sp³-hybridized carbons (Fsp3) is 0.0435. The van der Waals surface area contributed by atoms with Crippen LogP contribution in [0.3, 0.4) is 0 Å². The van der Waals surface area contributed by atoms with Gasteiger partial charge in [-0.25, -0.2) is 0 Å². The summed E-state index contributed by atoms with van der Waals surface area (Å²) >= 11 is -0.484. The van der Waals surface area contributed by atoms with Gasteiger partial charge in [-0.05, 0) is 0 Å². The van der Waals surface area contributed by atoms with Crippen molar-refractivity contribution in [2.24, 2.45) is 4.99 Å². The van der Waals surface area contributed by atoms with Crippen molar-refractivity contribution in [3.63, 3.8) is 0 Å². The van der Waals surface area contributed by atoms with Crippen molar-refractivity contribution < 1.29 is 9.59 Å². The first-order chi connectivity index (χ1) is 14.1. The third-order valence-corrected chi connectivity index (χ3v) is 6.19. The number of nitrogens with zero attached hydrogens (tertiary/aromatic N) is 3. The maximum atomic E-state index is 12.9. The van der Waals surface area contributed by atoms with E-state index >= 15 is 0 Å². The Balaban J connectivity index is 1.83. The van der Waals surface area contributed by atoms with Crippen LogP contribution in [0.1, 0.15) is 30.8 Å². The molecule has 0 aliphatic rings. The molecule has 1 amide bonds. The first kappa shape index (κ1) is 19.0. The number of hydrogen-bond acceptors (Lipinski definition) is 3. The van der Waals surface area contributed by atoms with Gasteiger partial charge in [-0.1, -0.05) is 0 Å². The molecule has 0 saturated carbocycles. The second-order valence-electron chi connectivity index (χ2n) is 6.42. The molecule has 0 spiro atoms. The number of aromatic nitrogens is 2. The molecule has 29 heavy (non-hydrogen) atoms. The molecular formula is C23H17N3O2Se. The predicted molar refractivity (Wildman–Crippen MR) is 111 cm³/mol. The number of hydrogen-bond donors (Lipinski definition) is 0. The Morgan fingerprint density at radius 2 is 1.41 bits per heavy atom. The number of carbonyl (C=O) groups excluding carboxylic acids is 2. The van der Waals surface area contributed by atoms with Gasteiger partial charge < -0.3 is 0 Å². The normalized spacial score (nSPS) is 11.4. The molecule has 0 bridgehead atoms. The maximum absolute atomic E-state index is 12.9. The van der Waals surface area contributed by atoms with Crippen LogP contribution in [-0.4, -0.2) is 36.0 Å². The van der Waals surface area contributed by atoms with E-state index in [1.165, 1.54) is 0 Å². The van der Waals surface area contributed by atoms with Gasteiger partial charge in [0.05, 0.1) is 0 Å². The first-order valence-electron chi connectivity index (χ1n) is 9.03. The first-order valence-corrected chi connectivity index (χ1v) is 10.7. The van der Waals surface area contributed by atoms with E-state index < -0.39 is 14.5 Å². The zero-order valence-electron chi connectivity index (χ0n) is 15.6. The molecule has 1 aromatic heterocycles. The van der Waals surface area contributed by atoms with Crippen LogP contribution >= 0.6 is 0 Å². The third kappa shape index (κ3) is 4.24. The summed E-state index contributed by atoms with van der Waals surface area (Å²) in [4.78, 5) is 29.9. The van der Waals surface area contributed by atoms with E-state index in [2.05, 4.69) is 10.1 Å². The fourth-order valence-electron chi connectivity index (χ4n) is 2.74. The molecule has 0 aliphatic carbocycles. The van der Waals surface area contributed by atoms with Gasteiger partial charge >= 0.3 is 174 Å². The molecule has 6 heteroatoms. The molecule has 1 heterocycles.